The third-order valence-electron chi connectivity index (χ3n) is 2.93. The highest BCUT2D eigenvalue weighted by atomic mass is 16.6. The van der Waals surface area contributed by atoms with Gasteiger partial charge >= 0.3 is 12.1 Å². The van der Waals surface area contributed by atoms with Crippen molar-refractivity contribution < 1.29 is 19.1 Å². The lowest BCUT2D eigenvalue weighted by atomic mass is 9.86. The van der Waals surface area contributed by atoms with E-state index in [1.807, 2.05) is 20.8 Å². The van der Waals surface area contributed by atoms with Gasteiger partial charge in [-0.3, -0.25) is 4.79 Å². The molecule has 1 aliphatic rings. The minimum absolute atomic E-state index is 0.00213. The summed E-state index contributed by atoms with van der Waals surface area (Å²) in [4.78, 5) is 23.1. The molecule has 1 N–H and O–H groups in total. The Bertz CT molecular complexity index is 309. The highest BCUT2D eigenvalue weighted by Crippen LogP contribution is 2.25. The van der Waals surface area contributed by atoms with Gasteiger partial charge in [0.15, 0.2) is 0 Å². The van der Waals surface area contributed by atoms with E-state index in [9.17, 15) is 9.59 Å². The van der Waals surface area contributed by atoms with Crippen LogP contribution in [0.25, 0.3) is 0 Å². The summed E-state index contributed by atoms with van der Waals surface area (Å²) in [6.07, 6.45) is 2.84. The Morgan fingerprint density at radius 3 is 2.44 bits per heavy atom. The molecule has 1 aliphatic carbocycles. The molecular formula is C13H23NO4. The largest absolute Gasteiger partial charge is 0.469 e. The molecule has 5 heteroatoms. The van der Waals surface area contributed by atoms with E-state index in [0.717, 1.165) is 19.3 Å². The lowest BCUT2D eigenvalue weighted by Gasteiger charge is -2.29. The molecule has 0 bridgehead atoms. The molecule has 0 aromatic heterocycles. The number of nitrogens with one attached hydrogen (secondary N) is 1. The fourth-order valence-electron chi connectivity index (χ4n) is 2.18. The molecule has 1 amide bonds. The molecule has 0 aromatic rings. The van der Waals surface area contributed by atoms with Gasteiger partial charge in [0, 0.05) is 6.04 Å². The Morgan fingerprint density at radius 1 is 1.22 bits per heavy atom. The Labute approximate surface area is 108 Å². The molecular weight excluding hydrogens is 234 g/mol. The maximum Gasteiger partial charge on any atom is 0.407 e. The van der Waals surface area contributed by atoms with Gasteiger partial charge in [0.25, 0.3) is 0 Å². The summed E-state index contributed by atoms with van der Waals surface area (Å²) in [6.45, 7) is 5.47. The van der Waals surface area contributed by atoms with Gasteiger partial charge in [-0.05, 0) is 40.0 Å². The van der Waals surface area contributed by atoms with Crippen LogP contribution in [0.2, 0.25) is 0 Å². The maximum absolute atomic E-state index is 11.6. The van der Waals surface area contributed by atoms with Gasteiger partial charge in [-0.25, -0.2) is 4.79 Å². The lowest BCUT2D eigenvalue weighted by molar-refractivity contribution is -0.146. The van der Waals surface area contributed by atoms with Crippen molar-refractivity contribution in [3.8, 4) is 0 Å². The van der Waals surface area contributed by atoms with Gasteiger partial charge in [0.05, 0.1) is 13.0 Å². The number of hydrogen-bond donors (Lipinski definition) is 1. The van der Waals surface area contributed by atoms with E-state index in [1.54, 1.807) is 0 Å². The van der Waals surface area contributed by atoms with Gasteiger partial charge in [-0.2, -0.15) is 0 Å². The van der Waals surface area contributed by atoms with Crippen LogP contribution >= 0.6 is 0 Å². The Morgan fingerprint density at radius 2 is 1.89 bits per heavy atom. The molecule has 2 atom stereocenters. The maximum atomic E-state index is 11.6. The van der Waals surface area contributed by atoms with Crippen molar-refractivity contribution >= 4 is 12.1 Å². The molecule has 0 radical (unpaired) electrons. The first kappa shape index (κ1) is 14.8. The monoisotopic (exact) mass is 257 g/mol. The Balaban J connectivity index is 2.43. The summed E-state index contributed by atoms with van der Waals surface area (Å²) < 4.78 is 9.94. The zero-order chi connectivity index (χ0) is 13.8. The first-order chi connectivity index (χ1) is 8.31. The highest BCUT2D eigenvalue weighted by molar-refractivity contribution is 5.73. The van der Waals surface area contributed by atoms with Gasteiger partial charge in [-0.1, -0.05) is 6.42 Å². The summed E-state index contributed by atoms with van der Waals surface area (Å²) in [5.41, 5.74) is -0.500. The molecule has 0 aromatic carbocycles. The van der Waals surface area contributed by atoms with E-state index in [0.29, 0.717) is 6.42 Å². The molecule has 0 spiro atoms. The number of esters is 1. The molecule has 2 unspecified atom stereocenters. The van der Waals surface area contributed by atoms with E-state index < -0.39 is 11.7 Å². The van der Waals surface area contributed by atoms with Crippen LogP contribution in [0.3, 0.4) is 0 Å². The number of amides is 1. The first-order valence-electron chi connectivity index (χ1n) is 6.39. The molecule has 1 rings (SSSR count). The molecule has 0 aliphatic heterocycles. The smallest absolute Gasteiger partial charge is 0.407 e. The topological polar surface area (TPSA) is 64.6 Å². The van der Waals surface area contributed by atoms with Gasteiger partial charge < -0.3 is 14.8 Å². The minimum atomic E-state index is -0.500. The van der Waals surface area contributed by atoms with Gasteiger partial charge in [-0.15, -0.1) is 0 Å². The van der Waals surface area contributed by atoms with Crippen LogP contribution in [0.4, 0.5) is 4.79 Å². The zero-order valence-corrected chi connectivity index (χ0v) is 11.6. The van der Waals surface area contributed by atoms with Crippen LogP contribution < -0.4 is 5.32 Å². The van der Waals surface area contributed by atoms with E-state index >= 15 is 0 Å². The fourth-order valence-corrected chi connectivity index (χ4v) is 2.18. The summed E-state index contributed by atoms with van der Waals surface area (Å²) in [7, 11) is 1.40. The summed E-state index contributed by atoms with van der Waals surface area (Å²) in [6, 6.07) is -0.00213. The molecule has 0 saturated heterocycles. The van der Waals surface area contributed by atoms with Crippen molar-refractivity contribution in [3.05, 3.63) is 0 Å². The number of hydrogen-bond acceptors (Lipinski definition) is 4. The number of carbonyl (C=O) groups excluding carboxylic acids is 2. The number of ether oxygens (including phenoxy) is 2. The third-order valence-corrected chi connectivity index (χ3v) is 2.93. The molecule has 0 heterocycles. The van der Waals surface area contributed by atoms with Crippen LogP contribution in [-0.2, 0) is 14.3 Å². The van der Waals surface area contributed by atoms with Crippen molar-refractivity contribution in [1.82, 2.24) is 5.32 Å². The second-order valence-electron chi connectivity index (χ2n) is 5.73. The first-order valence-corrected chi connectivity index (χ1v) is 6.39. The molecule has 5 nitrogen and oxygen atoms in total. The quantitative estimate of drug-likeness (QED) is 0.770. The van der Waals surface area contributed by atoms with Crippen molar-refractivity contribution in [2.24, 2.45) is 5.92 Å². The number of alkyl carbamates (subject to hydrolysis) is 1. The van der Waals surface area contributed by atoms with Crippen LogP contribution in [0.1, 0.15) is 46.5 Å². The standard InChI is InChI=1S/C13H23NO4/c1-13(2,3)18-12(16)14-10-7-5-6-9(8-10)11(15)17-4/h9-10H,5-8H2,1-4H3,(H,14,16). The van der Waals surface area contributed by atoms with Crippen molar-refractivity contribution in [3.63, 3.8) is 0 Å². The van der Waals surface area contributed by atoms with Crippen molar-refractivity contribution in [1.29, 1.82) is 0 Å². The van der Waals surface area contributed by atoms with Crippen LogP contribution in [0.5, 0.6) is 0 Å². The van der Waals surface area contributed by atoms with Gasteiger partial charge in [0.1, 0.15) is 5.60 Å². The van der Waals surface area contributed by atoms with Gasteiger partial charge in [0.2, 0.25) is 0 Å². The SMILES string of the molecule is COC(=O)C1CCCC(NC(=O)OC(C)(C)C)C1. The minimum Gasteiger partial charge on any atom is -0.469 e. The summed E-state index contributed by atoms with van der Waals surface area (Å²) in [5, 5.41) is 2.82. The fraction of sp³-hybridized carbons (Fsp3) is 0.846. The van der Waals surface area contributed by atoms with Crippen LogP contribution in [0.15, 0.2) is 0 Å². The second kappa shape index (κ2) is 6.07. The van der Waals surface area contributed by atoms with Crippen molar-refractivity contribution in [2.75, 3.05) is 7.11 Å². The normalized spacial score (nSPS) is 24.2. The van der Waals surface area contributed by atoms with Crippen molar-refractivity contribution in [2.45, 2.75) is 58.1 Å². The molecule has 1 saturated carbocycles. The average molecular weight is 257 g/mol. The molecule has 18 heavy (non-hydrogen) atoms. The van der Waals surface area contributed by atoms with E-state index in [1.165, 1.54) is 7.11 Å². The summed E-state index contributed by atoms with van der Waals surface area (Å²) >= 11 is 0. The van der Waals surface area contributed by atoms with Crippen LogP contribution in [-0.4, -0.2) is 30.8 Å². The van der Waals surface area contributed by atoms with E-state index in [-0.39, 0.29) is 17.9 Å². The van der Waals surface area contributed by atoms with E-state index in [2.05, 4.69) is 5.32 Å². The number of carbonyl (C=O) groups is 2. The highest BCUT2D eigenvalue weighted by Gasteiger charge is 2.29. The predicted octanol–water partition coefficient (Wildman–Crippen LogP) is 2.24. The third kappa shape index (κ3) is 4.94. The van der Waals surface area contributed by atoms with E-state index in [4.69, 9.17) is 9.47 Å². The Kier molecular flexibility index (Phi) is 4.99. The zero-order valence-electron chi connectivity index (χ0n) is 11.6. The average Bonchev–Trinajstić information content (AvgIpc) is 2.25. The number of rotatable bonds is 2. The number of methoxy groups -OCH3 is 1. The van der Waals surface area contributed by atoms with Crippen LogP contribution in [0, 0.1) is 5.92 Å². The second-order valence-corrected chi connectivity index (χ2v) is 5.73. The predicted molar refractivity (Wildman–Crippen MR) is 67.1 cm³/mol. The summed E-state index contributed by atoms with van der Waals surface area (Å²) in [5.74, 6) is -0.297. The molecule has 104 valence electrons. The molecule has 1 fully saturated rings. The Hall–Kier alpha value is -1.26. The lowest BCUT2D eigenvalue weighted by Crippen LogP contribution is -2.42.